The summed E-state index contributed by atoms with van der Waals surface area (Å²) in [6.07, 6.45) is -1.61. The normalized spacial score (nSPS) is 30.8. The number of aromatic hydroxyl groups is 1. The first-order chi connectivity index (χ1) is 18.0. The van der Waals surface area contributed by atoms with E-state index < -0.39 is 75.6 Å². The Morgan fingerprint density at radius 2 is 1.77 bits per heavy atom. The zero-order valence-corrected chi connectivity index (χ0v) is 22.9. The van der Waals surface area contributed by atoms with Gasteiger partial charge in [-0.1, -0.05) is 39.8 Å². The molecule has 0 saturated carbocycles. The molecule has 1 aromatic rings. The molecule has 3 aliphatic carbocycles. The zero-order valence-electron chi connectivity index (χ0n) is 22.9. The molecule has 0 spiro atoms. The van der Waals surface area contributed by atoms with Gasteiger partial charge >= 0.3 is 0 Å². The maximum absolute atomic E-state index is 13.9. The van der Waals surface area contributed by atoms with Crippen LogP contribution in [-0.2, 0) is 16.1 Å². The van der Waals surface area contributed by atoms with Crippen molar-refractivity contribution in [3.8, 4) is 5.75 Å². The molecule has 2 unspecified atom stereocenters. The van der Waals surface area contributed by atoms with Gasteiger partial charge in [0.25, 0.3) is 5.91 Å². The number of phenolic OH excluding ortho intramolecular Hbond substituents is 1. The average Bonchev–Trinajstić information content (AvgIpc) is 2.81. The monoisotopic (exact) mass is 543 g/mol. The van der Waals surface area contributed by atoms with Crippen molar-refractivity contribution in [3.05, 3.63) is 51.5 Å². The van der Waals surface area contributed by atoms with Crippen molar-refractivity contribution in [1.82, 2.24) is 10.2 Å². The molecule has 0 aliphatic heterocycles. The van der Waals surface area contributed by atoms with E-state index in [1.165, 1.54) is 19.0 Å². The maximum atomic E-state index is 13.9. The number of amides is 1. The topological polar surface area (TPSA) is 194 Å². The Kier molecular flexibility index (Phi) is 6.96. The molecular formula is C28H37N3O8. The number of aliphatic hydroxyl groups excluding tert-OH is 3. The molecular weight excluding hydrogens is 506 g/mol. The number of rotatable bonds is 5. The van der Waals surface area contributed by atoms with Gasteiger partial charge < -0.3 is 36.6 Å². The van der Waals surface area contributed by atoms with Gasteiger partial charge in [-0.2, -0.15) is 0 Å². The van der Waals surface area contributed by atoms with E-state index in [-0.39, 0.29) is 23.3 Å². The van der Waals surface area contributed by atoms with Crippen molar-refractivity contribution in [1.29, 1.82) is 0 Å². The van der Waals surface area contributed by atoms with Crippen LogP contribution in [0.5, 0.6) is 5.75 Å². The van der Waals surface area contributed by atoms with E-state index in [9.17, 15) is 39.9 Å². The number of aliphatic hydroxyl groups is 4. The number of nitrogens with one attached hydrogen (secondary N) is 1. The van der Waals surface area contributed by atoms with E-state index in [1.54, 1.807) is 19.1 Å². The maximum Gasteiger partial charge on any atom is 0.255 e. The highest BCUT2D eigenvalue weighted by atomic mass is 16.4. The van der Waals surface area contributed by atoms with E-state index in [1.807, 2.05) is 20.8 Å². The molecule has 6 atom stereocenters. The number of nitrogens with zero attached hydrogens (tertiary/aromatic N) is 1. The number of ketones is 2. The van der Waals surface area contributed by atoms with Gasteiger partial charge in [-0.15, -0.1) is 0 Å². The van der Waals surface area contributed by atoms with Gasteiger partial charge in [0.05, 0.1) is 23.6 Å². The minimum Gasteiger partial charge on any atom is -0.510 e. The number of hydrogen-bond donors (Lipinski definition) is 7. The molecule has 11 nitrogen and oxygen atoms in total. The molecule has 0 radical (unpaired) electrons. The Balaban J connectivity index is 1.90. The molecule has 0 heterocycles. The predicted molar refractivity (Wildman–Crippen MR) is 141 cm³/mol. The smallest absolute Gasteiger partial charge is 0.255 e. The van der Waals surface area contributed by atoms with Crippen molar-refractivity contribution in [2.75, 3.05) is 20.6 Å². The Labute approximate surface area is 226 Å². The van der Waals surface area contributed by atoms with Crippen LogP contribution >= 0.6 is 0 Å². The van der Waals surface area contributed by atoms with Crippen LogP contribution in [0.15, 0.2) is 34.8 Å². The van der Waals surface area contributed by atoms with Crippen molar-refractivity contribution in [2.45, 2.75) is 57.9 Å². The van der Waals surface area contributed by atoms with Gasteiger partial charge in [0.15, 0.2) is 11.4 Å². The lowest BCUT2D eigenvalue weighted by molar-refractivity contribution is -0.162. The lowest BCUT2D eigenvalue weighted by Gasteiger charge is -2.53. The second-order valence-corrected chi connectivity index (χ2v) is 12.3. The van der Waals surface area contributed by atoms with E-state index in [4.69, 9.17) is 5.73 Å². The van der Waals surface area contributed by atoms with Crippen LogP contribution in [-0.4, -0.2) is 86.3 Å². The standard InChI is InChI=1S/C28H37N3O8/c1-11-13-8-7-12(9-30-10-27(2,3)4)20(32)15(13)21(33)16-14(11)22(34)18-19(31(5)6)23(35)17(26(29)38)25(37)28(18,39)24(16)36/h7-8,11,14,18-19,22,30,32,34-36,39H,9-10H2,1-6H3,(H2,29,38)/t11-,14?,18?,19-,22-,28-/m0/s1. The number of hydrogen-bond acceptors (Lipinski definition) is 10. The summed E-state index contributed by atoms with van der Waals surface area (Å²) in [6, 6.07) is 2.08. The molecule has 11 heteroatoms. The Bertz CT molecular complexity index is 1320. The fourth-order valence-electron chi connectivity index (χ4n) is 6.38. The lowest BCUT2D eigenvalue weighted by Crippen LogP contribution is -2.68. The highest BCUT2D eigenvalue weighted by Gasteiger charge is 2.67. The van der Waals surface area contributed by atoms with E-state index in [0.717, 1.165) is 0 Å². The molecule has 0 saturated heterocycles. The van der Waals surface area contributed by atoms with Crippen molar-refractivity contribution < 1.29 is 39.9 Å². The van der Waals surface area contributed by atoms with Gasteiger partial charge in [0, 0.05) is 30.1 Å². The first-order valence-electron chi connectivity index (χ1n) is 12.8. The first kappa shape index (κ1) is 28.8. The summed E-state index contributed by atoms with van der Waals surface area (Å²) >= 11 is 0. The van der Waals surface area contributed by atoms with E-state index >= 15 is 0 Å². The van der Waals surface area contributed by atoms with Crippen LogP contribution in [0.4, 0.5) is 0 Å². The molecule has 3 aliphatic rings. The summed E-state index contributed by atoms with van der Waals surface area (Å²) in [4.78, 5) is 40.8. The highest BCUT2D eigenvalue weighted by Crippen LogP contribution is 2.55. The highest BCUT2D eigenvalue weighted by molar-refractivity contribution is 6.25. The molecule has 0 aromatic heterocycles. The van der Waals surface area contributed by atoms with Gasteiger partial charge in [-0.25, -0.2) is 0 Å². The number of nitrogens with two attached hydrogens (primary N) is 1. The number of carbonyl (C=O) groups excluding carboxylic acids is 3. The molecule has 212 valence electrons. The molecule has 1 amide bonds. The van der Waals surface area contributed by atoms with Crippen molar-refractivity contribution >= 4 is 17.5 Å². The van der Waals surface area contributed by atoms with Crippen LogP contribution < -0.4 is 11.1 Å². The predicted octanol–water partition coefficient (Wildman–Crippen LogP) is 0.788. The number of carbonyl (C=O) groups is 3. The fourth-order valence-corrected chi connectivity index (χ4v) is 6.38. The molecule has 1 aromatic carbocycles. The summed E-state index contributed by atoms with van der Waals surface area (Å²) in [5.41, 5.74) is 1.84. The summed E-state index contributed by atoms with van der Waals surface area (Å²) < 4.78 is 0. The minimum atomic E-state index is -2.93. The van der Waals surface area contributed by atoms with Gasteiger partial charge in [0.2, 0.25) is 5.78 Å². The molecule has 0 fully saturated rings. The largest absolute Gasteiger partial charge is 0.510 e. The molecule has 0 bridgehead atoms. The van der Waals surface area contributed by atoms with Crippen LogP contribution in [0, 0.1) is 17.3 Å². The van der Waals surface area contributed by atoms with E-state index in [0.29, 0.717) is 17.7 Å². The average molecular weight is 544 g/mol. The van der Waals surface area contributed by atoms with Crippen molar-refractivity contribution in [2.24, 2.45) is 23.0 Å². The second-order valence-electron chi connectivity index (χ2n) is 12.3. The quantitative estimate of drug-likeness (QED) is 0.261. The minimum absolute atomic E-state index is 0.0220. The Hall–Kier alpha value is -3.25. The lowest BCUT2D eigenvalue weighted by atomic mass is 9.55. The molecule has 4 rings (SSSR count). The van der Waals surface area contributed by atoms with Gasteiger partial charge in [0.1, 0.15) is 22.8 Å². The van der Waals surface area contributed by atoms with Crippen LogP contribution in [0.25, 0.3) is 0 Å². The third kappa shape index (κ3) is 4.15. The summed E-state index contributed by atoms with van der Waals surface area (Å²) in [5, 5.41) is 60.0. The Morgan fingerprint density at radius 3 is 2.31 bits per heavy atom. The summed E-state index contributed by atoms with van der Waals surface area (Å²) in [6.45, 7) is 8.74. The number of Topliss-reactive ketones (excluding diaryl/α,β-unsaturated/α-hetero) is 2. The SMILES string of the molecule is C[C@H]1c2ccc(CNCC(C)(C)C)c(O)c2C(=O)C2=C(O)[C@]3(O)C(=O)C(C(N)=O)=C(O)[C@@H](N(C)C)C3[C@@H](O)C21. The van der Waals surface area contributed by atoms with Gasteiger partial charge in [-0.05, 0) is 31.0 Å². The van der Waals surface area contributed by atoms with Crippen LogP contribution in [0.3, 0.4) is 0 Å². The third-order valence-electron chi connectivity index (χ3n) is 8.19. The number of phenols is 1. The van der Waals surface area contributed by atoms with Crippen molar-refractivity contribution in [3.63, 3.8) is 0 Å². The fraction of sp³-hybridized carbons (Fsp3) is 0.536. The van der Waals surface area contributed by atoms with Crippen LogP contribution in [0.2, 0.25) is 0 Å². The Morgan fingerprint density at radius 1 is 1.15 bits per heavy atom. The second kappa shape index (κ2) is 9.44. The zero-order chi connectivity index (χ0) is 29.4. The number of likely N-dealkylation sites (N-methyl/N-ethyl adjacent to an activating group) is 1. The van der Waals surface area contributed by atoms with Crippen LogP contribution in [0.1, 0.15) is 55.1 Å². The van der Waals surface area contributed by atoms with E-state index in [2.05, 4.69) is 5.32 Å². The van der Waals surface area contributed by atoms with Gasteiger partial charge in [-0.3, -0.25) is 19.3 Å². The number of primary amides is 1. The number of fused-ring (bicyclic) bond motifs is 3. The number of benzene rings is 1. The molecule has 39 heavy (non-hydrogen) atoms. The summed E-state index contributed by atoms with van der Waals surface area (Å²) in [5.74, 6) is -8.91. The summed E-state index contributed by atoms with van der Waals surface area (Å²) in [7, 11) is 2.99. The molecule has 8 N–H and O–H groups in total. The third-order valence-corrected chi connectivity index (χ3v) is 8.19. The first-order valence-corrected chi connectivity index (χ1v) is 12.8.